The van der Waals surface area contributed by atoms with Crippen LogP contribution in [0.4, 0.5) is 4.39 Å². The summed E-state index contributed by atoms with van der Waals surface area (Å²) >= 11 is 0. The molecule has 1 heterocycles. The number of rotatable bonds is 8. The van der Waals surface area contributed by atoms with Crippen molar-refractivity contribution in [2.24, 2.45) is 0 Å². The first-order valence-electron chi connectivity index (χ1n) is 6.61. The van der Waals surface area contributed by atoms with Gasteiger partial charge in [0.1, 0.15) is 17.1 Å². The second-order valence-electron chi connectivity index (χ2n) is 4.34. The van der Waals surface area contributed by atoms with Crippen molar-refractivity contribution in [3.05, 3.63) is 42.5 Å². The van der Waals surface area contributed by atoms with E-state index in [1.165, 1.54) is 29.1 Å². The lowest BCUT2D eigenvalue weighted by molar-refractivity contribution is -0.127. The molecule has 0 fully saturated rings. The van der Waals surface area contributed by atoms with Crippen molar-refractivity contribution in [3.8, 4) is 5.75 Å². The van der Waals surface area contributed by atoms with Gasteiger partial charge in [0.25, 0.3) is 0 Å². The van der Waals surface area contributed by atoms with E-state index < -0.39 is 11.8 Å². The summed E-state index contributed by atoms with van der Waals surface area (Å²) in [6.07, 6.45) is 0. The Labute approximate surface area is 131 Å². The zero-order chi connectivity index (χ0) is 16.7. The van der Waals surface area contributed by atoms with Crippen molar-refractivity contribution in [2.45, 2.75) is 6.73 Å². The highest BCUT2D eigenvalue weighted by Crippen LogP contribution is 2.15. The molecule has 9 heteroatoms. The van der Waals surface area contributed by atoms with Gasteiger partial charge < -0.3 is 14.2 Å². The molecule has 1 aromatic carbocycles. The smallest absolute Gasteiger partial charge is 0.346 e. The Hall–Kier alpha value is -2.65. The molecule has 0 atom stereocenters. The molecule has 0 N–H and O–H groups in total. The number of benzene rings is 1. The van der Waals surface area contributed by atoms with Crippen LogP contribution in [0.3, 0.4) is 0 Å². The minimum atomic E-state index is -0.753. The molecule has 23 heavy (non-hydrogen) atoms. The van der Waals surface area contributed by atoms with Crippen LogP contribution in [0.15, 0.2) is 30.8 Å². The van der Waals surface area contributed by atoms with Gasteiger partial charge in [-0.2, -0.15) is 0 Å². The molecule has 0 radical (unpaired) electrons. The molecule has 0 unspecified atom stereocenters. The fraction of sp³-hybridized carbons (Fsp3) is 0.286. The number of ether oxygens (including phenoxy) is 3. The van der Waals surface area contributed by atoms with Crippen LogP contribution in [0.25, 0.3) is 5.57 Å². The predicted octanol–water partition coefficient (Wildman–Crippen LogP) is 1.05. The Balaban J connectivity index is 1.90. The lowest BCUT2D eigenvalue weighted by Crippen LogP contribution is -2.12. The standard InChI is InChI=1S/C14H15FN4O4/c1-10(14(20)23-12-5-3-11(15)4-6-12)13-16-18-19(17-13)9-22-8-7-21-2/h3-6H,1,7-9H2,2H3. The first-order valence-corrected chi connectivity index (χ1v) is 6.61. The summed E-state index contributed by atoms with van der Waals surface area (Å²) in [4.78, 5) is 13.1. The Morgan fingerprint density at radius 3 is 2.74 bits per heavy atom. The highest BCUT2D eigenvalue weighted by atomic mass is 19.1. The number of tetrazole rings is 1. The van der Waals surface area contributed by atoms with Gasteiger partial charge in [-0.3, -0.25) is 0 Å². The molecule has 0 amide bonds. The van der Waals surface area contributed by atoms with Gasteiger partial charge >= 0.3 is 5.97 Å². The number of hydrogen-bond acceptors (Lipinski definition) is 7. The summed E-state index contributed by atoms with van der Waals surface area (Å²) in [5, 5.41) is 11.4. The number of aromatic nitrogens is 4. The topological polar surface area (TPSA) is 88.4 Å². The van der Waals surface area contributed by atoms with Gasteiger partial charge in [-0.05, 0) is 29.5 Å². The molecule has 0 saturated carbocycles. The number of methoxy groups -OCH3 is 1. The van der Waals surface area contributed by atoms with E-state index in [0.717, 1.165) is 0 Å². The SMILES string of the molecule is C=C(C(=O)Oc1ccc(F)cc1)c1nnn(COCCOC)n1. The van der Waals surface area contributed by atoms with Crippen molar-refractivity contribution in [1.82, 2.24) is 20.2 Å². The van der Waals surface area contributed by atoms with Gasteiger partial charge in [0.2, 0.25) is 5.82 Å². The van der Waals surface area contributed by atoms with Crippen molar-refractivity contribution >= 4 is 11.5 Å². The van der Waals surface area contributed by atoms with Gasteiger partial charge in [0, 0.05) is 7.11 Å². The molecular formula is C14H15FN4O4. The lowest BCUT2D eigenvalue weighted by Gasteiger charge is -2.04. The van der Waals surface area contributed by atoms with E-state index in [1.54, 1.807) is 7.11 Å². The van der Waals surface area contributed by atoms with Crippen LogP contribution < -0.4 is 4.74 Å². The van der Waals surface area contributed by atoms with Gasteiger partial charge in [0.15, 0.2) is 6.73 Å². The van der Waals surface area contributed by atoms with E-state index in [9.17, 15) is 9.18 Å². The second kappa shape index (κ2) is 8.11. The number of esters is 1. The highest BCUT2D eigenvalue weighted by molar-refractivity contribution is 6.15. The minimum absolute atomic E-state index is 0.0208. The molecule has 0 spiro atoms. The zero-order valence-electron chi connectivity index (χ0n) is 12.4. The molecular weight excluding hydrogens is 307 g/mol. The second-order valence-corrected chi connectivity index (χ2v) is 4.34. The largest absolute Gasteiger partial charge is 0.423 e. The Morgan fingerprint density at radius 1 is 1.30 bits per heavy atom. The first kappa shape index (κ1) is 16.7. The average molecular weight is 322 g/mol. The van der Waals surface area contributed by atoms with E-state index in [1.807, 2.05) is 0 Å². The van der Waals surface area contributed by atoms with E-state index in [2.05, 4.69) is 22.0 Å². The maximum absolute atomic E-state index is 12.8. The summed E-state index contributed by atoms with van der Waals surface area (Å²) in [6.45, 7) is 4.46. The molecule has 0 saturated heterocycles. The van der Waals surface area contributed by atoms with Crippen molar-refractivity contribution < 1.29 is 23.4 Å². The monoisotopic (exact) mass is 322 g/mol. The quantitative estimate of drug-likeness (QED) is 0.311. The van der Waals surface area contributed by atoms with Crippen molar-refractivity contribution in [1.29, 1.82) is 0 Å². The van der Waals surface area contributed by atoms with Gasteiger partial charge in [0.05, 0.1) is 13.2 Å². The van der Waals surface area contributed by atoms with Crippen LogP contribution in [-0.4, -0.2) is 46.5 Å². The summed E-state index contributed by atoms with van der Waals surface area (Å²) in [5.41, 5.74) is -0.0718. The summed E-state index contributed by atoms with van der Waals surface area (Å²) in [7, 11) is 1.56. The van der Waals surface area contributed by atoms with Crippen LogP contribution in [-0.2, 0) is 21.0 Å². The Morgan fingerprint density at radius 2 is 2.04 bits per heavy atom. The van der Waals surface area contributed by atoms with Gasteiger partial charge in [-0.15, -0.1) is 15.0 Å². The first-order chi connectivity index (χ1) is 11.1. The maximum Gasteiger partial charge on any atom is 0.346 e. The van der Waals surface area contributed by atoms with E-state index >= 15 is 0 Å². The minimum Gasteiger partial charge on any atom is -0.423 e. The van der Waals surface area contributed by atoms with Crippen LogP contribution in [0.2, 0.25) is 0 Å². The average Bonchev–Trinajstić information content (AvgIpc) is 3.02. The fourth-order valence-electron chi connectivity index (χ4n) is 1.47. The lowest BCUT2D eigenvalue weighted by atomic mass is 10.3. The molecule has 1 aromatic heterocycles. The number of carbonyl (C=O) groups excluding carboxylic acids is 1. The number of halogens is 1. The third kappa shape index (κ3) is 4.94. The normalized spacial score (nSPS) is 10.5. The zero-order valence-corrected chi connectivity index (χ0v) is 12.4. The number of hydrogen-bond donors (Lipinski definition) is 0. The summed E-state index contributed by atoms with van der Waals surface area (Å²) in [5.74, 6) is -0.974. The molecule has 2 rings (SSSR count). The molecule has 8 nitrogen and oxygen atoms in total. The molecule has 0 aliphatic carbocycles. The van der Waals surface area contributed by atoms with Crippen LogP contribution in [0.5, 0.6) is 5.75 Å². The Kier molecular flexibility index (Phi) is 5.89. The van der Waals surface area contributed by atoms with Gasteiger partial charge in [-0.1, -0.05) is 6.58 Å². The molecule has 0 aliphatic heterocycles. The van der Waals surface area contributed by atoms with Crippen molar-refractivity contribution in [2.75, 3.05) is 20.3 Å². The number of carbonyl (C=O) groups is 1. The highest BCUT2D eigenvalue weighted by Gasteiger charge is 2.17. The molecule has 122 valence electrons. The summed E-state index contributed by atoms with van der Waals surface area (Å²) < 4.78 is 27.9. The fourth-order valence-corrected chi connectivity index (χ4v) is 1.47. The van der Waals surface area contributed by atoms with E-state index in [0.29, 0.717) is 13.2 Å². The van der Waals surface area contributed by atoms with E-state index in [-0.39, 0.29) is 23.9 Å². The third-order valence-electron chi connectivity index (χ3n) is 2.63. The summed E-state index contributed by atoms with van der Waals surface area (Å²) in [6, 6.07) is 5.01. The third-order valence-corrected chi connectivity index (χ3v) is 2.63. The maximum atomic E-state index is 12.8. The van der Waals surface area contributed by atoms with Crippen molar-refractivity contribution in [3.63, 3.8) is 0 Å². The Bertz CT molecular complexity index is 672. The van der Waals surface area contributed by atoms with Crippen LogP contribution in [0, 0.1) is 5.82 Å². The van der Waals surface area contributed by atoms with Crippen LogP contribution >= 0.6 is 0 Å². The van der Waals surface area contributed by atoms with Crippen LogP contribution in [0.1, 0.15) is 5.82 Å². The number of nitrogens with zero attached hydrogens (tertiary/aromatic N) is 4. The van der Waals surface area contributed by atoms with Gasteiger partial charge in [-0.25, -0.2) is 9.18 Å². The molecule has 2 aromatic rings. The molecule has 0 bridgehead atoms. The predicted molar refractivity (Wildman–Crippen MR) is 76.7 cm³/mol. The van der Waals surface area contributed by atoms with E-state index in [4.69, 9.17) is 14.2 Å². The molecule has 0 aliphatic rings.